The van der Waals surface area contributed by atoms with Crippen molar-refractivity contribution in [1.82, 2.24) is 0 Å². The zero-order valence-electron chi connectivity index (χ0n) is 18.6. The minimum absolute atomic E-state index is 0.290. The van der Waals surface area contributed by atoms with E-state index in [-0.39, 0.29) is 17.5 Å². The van der Waals surface area contributed by atoms with Crippen LogP contribution in [0.3, 0.4) is 0 Å². The van der Waals surface area contributed by atoms with Gasteiger partial charge in [0.15, 0.2) is 0 Å². The fourth-order valence-electron chi connectivity index (χ4n) is 3.94. The van der Waals surface area contributed by atoms with Crippen LogP contribution in [0, 0.1) is 6.92 Å². The Morgan fingerprint density at radius 2 is 1.41 bits per heavy atom. The molecule has 0 aromatic heterocycles. The summed E-state index contributed by atoms with van der Waals surface area (Å²) in [6.07, 6.45) is 0. The molecule has 4 rings (SSSR count). The van der Waals surface area contributed by atoms with Crippen molar-refractivity contribution >= 4 is 34.4 Å². The lowest BCUT2D eigenvalue weighted by Gasteiger charge is -2.22. The lowest BCUT2D eigenvalue weighted by atomic mass is 10.0. The summed E-state index contributed by atoms with van der Waals surface area (Å²) in [4.78, 5) is 30.5. The third-order valence-corrected chi connectivity index (χ3v) is 5.70. The molecule has 0 radical (unpaired) electrons. The molecule has 2 amide bonds. The van der Waals surface area contributed by atoms with Crippen molar-refractivity contribution in [2.24, 2.45) is 0 Å². The van der Waals surface area contributed by atoms with Crippen LogP contribution in [0.5, 0.6) is 0 Å². The third-order valence-electron chi connectivity index (χ3n) is 5.70. The second-order valence-corrected chi connectivity index (χ2v) is 7.74. The first kappa shape index (κ1) is 21.4. The molecule has 0 saturated carbocycles. The molecule has 1 aliphatic heterocycles. The van der Waals surface area contributed by atoms with Crippen LogP contribution in [0.1, 0.15) is 25.0 Å². The van der Waals surface area contributed by atoms with Gasteiger partial charge in [-0.3, -0.25) is 9.59 Å². The minimum atomic E-state index is -0.356. The first-order valence-electron chi connectivity index (χ1n) is 10.9. The van der Waals surface area contributed by atoms with Crippen molar-refractivity contribution in [3.05, 3.63) is 95.7 Å². The Balaban J connectivity index is 1.74. The largest absolute Gasteiger partial charge is 0.372 e. The van der Waals surface area contributed by atoms with Crippen molar-refractivity contribution in [1.29, 1.82) is 0 Å². The summed E-state index contributed by atoms with van der Waals surface area (Å²) >= 11 is 0. The Hall–Kier alpha value is -3.86. The normalized spacial score (nSPS) is 13.7. The zero-order valence-corrected chi connectivity index (χ0v) is 18.6. The third kappa shape index (κ3) is 4.02. The van der Waals surface area contributed by atoms with E-state index in [9.17, 15) is 9.59 Å². The van der Waals surface area contributed by atoms with Crippen LogP contribution in [0.25, 0.3) is 5.57 Å². The standard InChI is InChI=1S/C27H27N3O2/c1-4-29(5-2)22-15-17-23(18-16-22)30-26(31)24(20-13-11-19(3)12-14-20)25(27(30)32)28-21-9-7-6-8-10-21/h6-18,28H,4-5H2,1-3H3. The number of hydrogen-bond donors (Lipinski definition) is 1. The van der Waals surface area contributed by atoms with Crippen LogP contribution in [0.15, 0.2) is 84.6 Å². The molecule has 1 N–H and O–H groups in total. The Labute approximate surface area is 189 Å². The molecule has 5 nitrogen and oxygen atoms in total. The number of carbonyl (C=O) groups is 2. The Bertz CT molecular complexity index is 1150. The highest BCUT2D eigenvalue weighted by Crippen LogP contribution is 2.34. The number of nitrogens with zero attached hydrogens (tertiary/aromatic N) is 2. The number of nitrogens with one attached hydrogen (secondary N) is 1. The van der Waals surface area contributed by atoms with Gasteiger partial charge < -0.3 is 10.2 Å². The van der Waals surface area contributed by atoms with Crippen LogP contribution in [-0.4, -0.2) is 24.9 Å². The Morgan fingerprint density at radius 3 is 2.00 bits per heavy atom. The lowest BCUT2D eigenvalue weighted by Crippen LogP contribution is -2.32. The molecule has 3 aromatic rings. The minimum Gasteiger partial charge on any atom is -0.372 e. The predicted molar refractivity (Wildman–Crippen MR) is 131 cm³/mol. The maximum atomic E-state index is 13.5. The van der Waals surface area contributed by atoms with Crippen molar-refractivity contribution in [3.8, 4) is 0 Å². The summed E-state index contributed by atoms with van der Waals surface area (Å²) in [7, 11) is 0. The van der Waals surface area contributed by atoms with Crippen LogP contribution >= 0.6 is 0 Å². The summed E-state index contributed by atoms with van der Waals surface area (Å²) in [5.41, 5.74) is 4.86. The van der Waals surface area contributed by atoms with Gasteiger partial charge in [0.1, 0.15) is 5.70 Å². The van der Waals surface area contributed by atoms with Gasteiger partial charge in [0.25, 0.3) is 11.8 Å². The van der Waals surface area contributed by atoms with E-state index in [0.29, 0.717) is 11.3 Å². The monoisotopic (exact) mass is 425 g/mol. The number of benzene rings is 3. The average molecular weight is 426 g/mol. The zero-order chi connectivity index (χ0) is 22.7. The quantitative estimate of drug-likeness (QED) is 0.526. The smallest absolute Gasteiger partial charge is 0.282 e. The first-order chi connectivity index (χ1) is 15.5. The average Bonchev–Trinajstić information content (AvgIpc) is 3.06. The van der Waals surface area contributed by atoms with E-state index >= 15 is 0 Å². The molecular formula is C27H27N3O2. The fourth-order valence-corrected chi connectivity index (χ4v) is 3.94. The number of hydrogen-bond acceptors (Lipinski definition) is 4. The van der Waals surface area contributed by atoms with Crippen LogP contribution in [0.4, 0.5) is 17.1 Å². The number of amides is 2. The molecule has 0 fully saturated rings. The van der Waals surface area contributed by atoms with Crippen molar-refractivity contribution in [2.45, 2.75) is 20.8 Å². The van der Waals surface area contributed by atoms with Gasteiger partial charge in [-0.25, -0.2) is 4.90 Å². The summed E-state index contributed by atoms with van der Waals surface area (Å²) in [6.45, 7) is 7.98. The van der Waals surface area contributed by atoms with Gasteiger partial charge in [0.2, 0.25) is 0 Å². The van der Waals surface area contributed by atoms with E-state index in [4.69, 9.17) is 0 Å². The highest BCUT2D eigenvalue weighted by Gasteiger charge is 2.40. The van der Waals surface area contributed by atoms with Crippen LogP contribution < -0.4 is 15.1 Å². The Kier molecular flexibility index (Phi) is 6.08. The van der Waals surface area contributed by atoms with Gasteiger partial charge in [-0.2, -0.15) is 0 Å². The van der Waals surface area contributed by atoms with Gasteiger partial charge in [-0.1, -0.05) is 48.0 Å². The van der Waals surface area contributed by atoms with Gasteiger partial charge in [0.05, 0.1) is 11.3 Å². The first-order valence-corrected chi connectivity index (χ1v) is 10.9. The molecule has 0 spiro atoms. The van der Waals surface area contributed by atoms with Gasteiger partial charge >= 0.3 is 0 Å². The number of anilines is 3. The second-order valence-electron chi connectivity index (χ2n) is 7.74. The van der Waals surface area contributed by atoms with E-state index in [1.165, 1.54) is 4.90 Å². The molecule has 3 aromatic carbocycles. The highest BCUT2D eigenvalue weighted by atomic mass is 16.2. The van der Waals surface area contributed by atoms with E-state index in [2.05, 4.69) is 24.1 Å². The van der Waals surface area contributed by atoms with Crippen LogP contribution in [-0.2, 0) is 9.59 Å². The summed E-state index contributed by atoms with van der Waals surface area (Å²) < 4.78 is 0. The fraction of sp³-hybridized carbons (Fsp3) is 0.185. The molecule has 0 atom stereocenters. The maximum Gasteiger partial charge on any atom is 0.282 e. The second kappa shape index (κ2) is 9.10. The summed E-state index contributed by atoms with van der Waals surface area (Å²) in [5.74, 6) is -0.683. The van der Waals surface area contributed by atoms with E-state index < -0.39 is 0 Å². The summed E-state index contributed by atoms with van der Waals surface area (Å²) in [6, 6.07) is 24.7. The number of para-hydroxylation sites is 1. The van der Waals surface area contributed by atoms with Gasteiger partial charge in [0, 0.05) is 24.5 Å². The number of rotatable bonds is 7. The van der Waals surface area contributed by atoms with Crippen molar-refractivity contribution in [3.63, 3.8) is 0 Å². The van der Waals surface area contributed by atoms with Crippen LogP contribution in [0.2, 0.25) is 0 Å². The predicted octanol–water partition coefficient (Wildman–Crippen LogP) is 5.24. The molecule has 1 aliphatic rings. The number of carbonyl (C=O) groups excluding carboxylic acids is 2. The summed E-state index contributed by atoms with van der Waals surface area (Å²) in [5, 5.41) is 3.19. The molecule has 5 heteroatoms. The molecule has 0 aliphatic carbocycles. The Morgan fingerprint density at radius 1 is 0.781 bits per heavy atom. The topological polar surface area (TPSA) is 52.6 Å². The molecule has 0 unspecified atom stereocenters. The number of aryl methyl sites for hydroxylation is 1. The molecule has 162 valence electrons. The SMILES string of the molecule is CCN(CC)c1ccc(N2C(=O)C(Nc3ccccc3)=C(c3ccc(C)cc3)C2=O)cc1. The van der Waals surface area contributed by atoms with Crippen molar-refractivity contribution < 1.29 is 9.59 Å². The molecular weight excluding hydrogens is 398 g/mol. The van der Waals surface area contributed by atoms with Gasteiger partial charge in [-0.05, 0) is 62.7 Å². The maximum absolute atomic E-state index is 13.5. The lowest BCUT2D eigenvalue weighted by molar-refractivity contribution is -0.120. The molecule has 1 heterocycles. The highest BCUT2D eigenvalue weighted by molar-refractivity contribution is 6.46. The number of imide groups is 1. The molecule has 32 heavy (non-hydrogen) atoms. The van der Waals surface area contributed by atoms with E-state index in [0.717, 1.165) is 35.6 Å². The molecule has 0 bridgehead atoms. The van der Waals surface area contributed by atoms with Crippen molar-refractivity contribution in [2.75, 3.05) is 28.2 Å². The van der Waals surface area contributed by atoms with E-state index in [1.54, 1.807) is 0 Å². The molecule has 0 saturated heterocycles. The van der Waals surface area contributed by atoms with E-state index in [1.807, 2.05) is 85.8 Å². The van der Waals surface area contributed by atoms with Gasteiger partial charge in [-0.15, -0.1) is 0 Å².